The van der Waals surface area contributed by atoms with E-state index in [9.17, 15) is 5.11 Å². The highest BCUT2D eigenvalue weighted by molar-refractivity contribution is 6.35. The van der Waals surface area contributed by atoms with Crippen LogP contribution in [0.3, 0.4) is 0 Å². The SMILES string of the molecule is CN(Cc1cc(Cl)cc(Cl)c1O)CC1CCCC1. The fourth-order valence-corrected chi connectivity index (χ4v) is 3.26. The highest BCUT2D eigenvalue weighted by Gasteiger charge is 2.18. The Hall–Kier alpha value is -0.440. The molecule has 2 nitrogen and oxygen atoms in total. The second kappa shape index (κ2) is 6.14. The Morgan fingerprint density at radius 3 is 2.61 bits per heavy atom. The molecule has 1 aliphatic carbocycles. The van der Waals surface area contributed by atoms with Crippen LogP contribution < -0.4 is 0 Å². The van der Waals surface area contributed by atoms with Gasteiger partial charge in [0.2, 0.25) is 0 Å². The minimum atomic E-state index is 0.152. The van der Waals surface area contributed by atoms with Crippen molar-refractivity contribution in [1.29, 1.82) is 0 Å². The van der Waals surface area contributed by atoms with E-state index in [1.165, 1.54) is 25.7 Å². The monoisotopic (exact) mass is 287 g/mol. The lowest BCUT2D eigenvalue weighted by molar-refractivity contribution is 0.268. The van der Waals surface area contributed by atoms with Gasteiger partial charge in [-0.05, 0) is 37.9 Å². The number of hydrogen-bond donors (Lipinski definition) is 1. The third-order valence-electron chi connectivity index (χ3n) is 3.59. The molecule has 0 atom stereocenters. The van der Waals surface area contributed by atoms with Gasteiger partial charge in [-0.1, -0.05) is 36.0 Å². The molecule has 4 heteroatoms. The molecule has 1 fully saturated rings. The molecule has 18 heavy (non-hydrogen) atoms. The van der Waals surface area contributed by atoms with Crippen LogP contribution in [0, 0.1) is 5.92 Å². The molecule has 2 rings (SSSR count). The summed E-state index contributed by atoms with van der Waals surface area (Å²) in [6.45, 7) is 1.76. The van der Waals surface area contributed by atoms with Crippen molar-refractivity contribution in [2.75, 3.05) is 13.6 Å². The Bertz CT molecular complexity index is 417. The molecular formula is C14H19Cl2NO. The Morgan fingerprint density at radius 1 is 1.28 bits per heavy atom. The number of hydrogen-bond acceptors (Lipinski definition) is 2. The van der Waals surface area contributed by atoms with Gasteiger partial charge in [0.15, 0.2) is 0 Å². The van der Waals surface area contributed by atoms with Gasteiger partial charge >= 0.3 is 0 Å². The van der Waals surface area contributed by atoms with E-state index < -0.39 is 0 Å². The van der Waals surface area contributed by atoms with Crippen LogP contribution >= 0.6 is 23.2 Å². The van der Waals surface area contributed by atoms with Crippen molar-refractivity contribution in [3.63, 3.8) is 0 Å². The van der Waals surface area contributed by atoms with Crippen molar-refractivity contribution in [3.05, 3.63) is 27.7 Å². The minimum Gasteiger partial charge on any atom is -0.506 e. The average molecular weight is 288 g/mol. The van der Waals surface area contributed by atoms with Gasteiger partial charge in [-0.25, -0.2) is 0 Å². The molecule has 0 amide bonds. The maximum absolute atomic E-state index is 9.91. The highest BCUT2D eigenvalue weighted by Crippen LogP contribution is 2.32. The molecule has 1 aromatic rings. The quantitative estimate of drug-likeness (QED) is 0.891. The Balaban J connectivity index is 1.99. The number of benzene rings is 1. The van der Waals surface area contributed by atoms with Gasteiger partial charge in [0.25, 0.3) is 0 Å². The van der Waals surface area contributed by atoms with Crippen molar-refractivity contribution >= 4 is 23.2 Å². The summed E-state index contributed by atoms with van der Waals surface area (Å²) in [7, 11) is 2.08. The Labute approximate surface area is 119 Å². The zero-order valence-corrected chi connectivity index (χ0v) is 12.1. The molecule has 1 N–H and O–H groups in total. The molecule has 0 spiro atoms. The van der Waals surface area contributed by atoms with Gasteiger partial charge in [-0.3, -0.25) is 0 Å². The maximum Gasteiger partial charge on any atom is 0.138 e. The number of nitrogens with zero attached hydrogens (tertiary/aromatic N) is 1. The van der Waals surface area contributed by atoms with Crippen molar-refractivity contribution in [2.24, 2.45) is 5.92 Å². The van der Waals surface area contributed by atoms with Gasteiger partial charge in [-0.2, -0.15) is 0 Å². The molecule has 0 radical (unpaired) electrons. The summed E-state index contributed by atoms with van der Waals surface area (Å²) in [5.41, 5.74) is 0.799. The average Bonchev–Trinajstić information content (AvgIpc) is 2.77. The van der Waals surface area contributed by atoms with Crippen molar-refractivity contribution < 1.29 is 5.11 Å². The number of halogens is 2. The summed E-state index contributed by atoms with van der Waals surface area (Å²) in [6, 6.07) is 3.35. The summed E-state index contributed by atoms with van der Waals surface area (Å²) in [5, 5.41) is 10.8. The smallest absolute Gasteiger partial charge is 0.138 e. The van der Waals surface area contributed by atoms with Crippen molar-refractivity contribution in [2.45, 2.75) is 32.2 Å². The standard InChI is InChI=1S/C14H19Cl2NO/c1-17(8-10-4-2-3-5-10)9-11-6-12(15)7-13(16)14(11)18/h6-7,10,18H,2-5,8-9H2,1H3. The van der Waals surface area contributed by atoms with Crippen LogP contribution in [0.1, 0.15) is 31.2 Å². The fraction of sp³-hybridized carbons (Fsp3) is 0.571. The lowest BCUT2D eigenvalue weighted by atomic mass is 10.1. The molecule has 100 valence electrons. The first kappa shape index (κ1) is 14.0. The molecule has 0 unspecified atom stereocenters. The Kier molecular flexibility index (Phi) is 4.77. The van der Waals surface area contributed by atoms with Gasteiger partial charge in [0, 0.05) is 23.7 Å². The second-order valence-corrected chi connectivity index (χ2v) is 6.09. The minimum absolute atomic E-state index is 0.152. The lowest BCUT2D eigenvalue weighted by Crippen LogP contribution is -2.24. The van der Waals surface area contributed by atoms with E-state index in [1.54, 1.807) is 12.1 Å². The van der Waals surface area contributed by atoms with Crippen LogP contribution in [0.2, 0.25) is 10.0 Å². The van der Waals surface area contributed by atoms with E-state index in [-0.39, 0.29) is 5.75 Å². The third-order valence-corrected chi connectivity index (χ3v) is 4.10. The fourth-order valence-electron chi connectivity index (χ4n) is 2.73. The first-order valence-electron chi connectivity index (χ1n) is 6.41. The van der Waals surface area contributed by atoms with Crippen LogP contribution in [0.25, 0.3) is 0 Å². The first-order chi connectivity index (χ1) is 8.56. The van der Waals surface area contributed by atoms with E-state index in [0.717, 1.165) is 18.0 Å². The van der Waals surface area contributed by atoms with E-state index >= 15 is 0 Å². The predicted molar refractivity (Wildman–Crippen MR) is 76.4 cm³/mol. The van der Waals surface area contributed by atoms with Gasteiger partial charge in [0.1, 0.15) is 5.75 Å². The molecule has 0 heterocycles. The van der Waals surface area contributed by atoms with Crippen LogP contribution in [0.5, 0.6) is 5.75 Å². The summed E-state index contributed by atoms with van der Waals surface area (Å²) < 4.78 is 0. The largest absolute Gasteiger partial charge is 0.506 e. The molecule has 0 saturated heterocycles. The summed E-state index contributed by atoms with van der Waals surface area (Å²) in [6.07, 6.45) is 5.36. The molecule has 1 saturated carbocycles. The Morgan fingerprint density at radius 2 is 1.94 bits per heavy atom. The maximum atomic E-state index is 9.91. The first-order valence-corrected chi connectivity index (χ1v) is 7.17. The van der Waals surface area contributed by atoms with E-state index in [1.807, 2.05) is 0 Å². The molecule has 0 aliphatic heterocycles. The summed E-state index contributed by atoms with van der Waals surface area (Å²) in [5.74, 6) is 0.950. The zero-order valence-electron chi connectivity index (χ0n) is 10.6. The number of phenolic OH excluding ortho intramolecular Hbond substituents is 1. The number of aromatic hydroxyl groups is 1. The van der Waals surface area contributed by atoms with Crippen LogP contribution in [0.4, 0.5) is 0 Å². The topological polar surface area (TPSA) is 23.5 Å². The van der Waals surface area contributed by atoms with E-state index in [0.29, 0.717) is 16.6 Å². The molecule has 1 aliphatic rings. The summed E-state index contributed by atoms with van der Waals surface area (Å²) >= 11 is 11.9. The lowest BCUT2D eigenvalue weighted by Gasteiger charge is -2.21. The second-order valence-electron chi connectivity index (χ2n) is 5.24. The normalized spacial score (nSPS) is 16.7. The van der Waals surface area contributed by atoms with Crippen molar-refractivity contribution in [3.8, 4) is 5.75 Å². The predicted octanol–water partition coefficient (Wildman–Crippen LogP) is 4.32. The van der Waals surface area contributed by atoms with Crippen LogP contribution in [0.15, 0.2) is 12.1 Å². The molecule has 1 aromatic carbocycles. The zero-order chi connectivity index (χ0) is 13.1. The van der Waals surface area contributed by atoms with Crippen LogP contribution in [-0.4, -0.2) is 23.6 Å². The number of phenols is 1. The third kappa shape index (κ3) is 3.53. The van der Waals surface area contributed by atoms with Gasteiger partial charge in [-0.15, -0.1) is 0 Å². The van der Waals surface area contributed by atoms with Crippen molar-refractivity contribution in [1.82, 2.24) is 4.90 Å². The molecule has 0 aromatic heterocycles. The highest BCUT2D eigenvalue weighted by atomic mass is 35.5. The van der Waals surface area contributed by atoms with E-state index in [2.05, 4.69) is 11.9 Å². The van der Waals surface area contributed by atoms with E-state index in [4.69, 9.17) is 23.2 Å². The number of rotatable bonds is 4. The molecule has 0 bridgehead atoms. The van der Waals surface area contributed by atoms with Gasteiger partial charge in [0.05, 0.1) is 5.02 Å². The van der Waals surface area contributed by atoms with Crippen LogP contribution in [-0.2, 0) is 6.54 Å². The summed E-state index contributed by atoms with van der Waals surface area (Å²) in [4.78, 5) is 2.23. The van der Waals surface area contributed by atoms with Gasteiger partial charge < -0.3 is 10.0 Å². The molecular weight excluding hydrogens is 269 g/mol.